The molecule has 1 nitrogen and oxygen atoms in total. The second-order valence-electron chi connectivity index (χ2n) is 4.63. The third-order valence-electron chi connectivity index (χ3n) is 3.31. The number of nitrogens with zero attached hydrogens (tertiary/aromatic N) is 1. The van der Waals surface area contributed by atoms with Crippen LogP contribution in [0.5, 0.6) is 0 Å². The van der Waals surface area contributed by atoms with Crippen LogP contribution in [-0.2, 0) is 0 Å². The van der Waals surface area contributed by atoms with Crippen molar-refractivity contribution in [2.24, 2.45) is 4.99 Å². The molecular weight excluding hydrogens is 202 g/mol. The Kier molecular flexibility index (Phi) is 7.77. The van der Waals surface area contributed by atoms with Crippen LogP contribution < -0.4 is 0 Å². The number of rotatable bonds is 1. The molecule has 2 heteroatoms. The lowest BCUT2D eigenvalue weighted by atomic mass is 9.98. The topological polar surface area (TPSA) is 12.4 Å². The van der Waals surface area contributed by atoms with E-state index in [9.17, 15) is 0 Å². The van der Waals surface area contributed by atoms with E-state index in [1.54, 1.807) is 0 Å². The fourth-order valence-electron chi connectivity index (χ4n) is 2.35. The van der Waals surface area contributed by atoms with Gasteiger partial charge in [-0.2, -0.15) is 0 Å². The normalized spacial score (nSPS) is 22.1. The van der Waals surface area contributed by atoms with Gasteiger partial charge in [-0.1, -0.05) is 57.8 Å². The van der Waals surface area contributed by atoms with E-state index in [4.69, 9.17) is 12.2 Å². The molecule has 0 N–H and O–H groups in total. The van der Waals surface area contributed by atoms with Crippen molar-refractivity contribution >= 4 is 17.4 Å². The van der Waals surface area contributed by atoms with Gasteiger partial charge in [0, 0.05) is 0 Å². The molecule has 0 amide bonds. The zero-order valence-corrected chi connectivity index (χ0v) is 10.5. The van der Waals surface area contributed by atoms with E-state index in [0.717, 1.165) is 0 Å². The summed E-state index contributed by atoms with van der Waals surface area (Å²) in [7, 11) is 0. The molecule has 0 aliphatic heterocycles. The third-order valence-corrected chi connectivity index (χ3v) is 3.42. The molecular formula is C13H23NS. The predicted molar refractivity (Wildman–Crippen MR) is 69.6 cm³/mol. The highest BCUT2D eigenvalue weighted by Crippen LogP contribution is 2.18. The van der Waals surface area contributed by atoms with Gasteiger partial charge in [-0.25, -0.2) is 4.99 Å². The largest absolute Gasteiger partial charge is 0.229 e. The maximum absolute atomic E-state index is 4.70. The van der Waals surface area contributed by atoms with Crippen molar-refractivity contribution in [3.63, 3.8) is 0 Å². The highest BCUT2D eigenvalue weighted by atomic mass is 32.1. The number of thiocarbonyl (C=S) groups is 1. The fraction of sp³-hybridized carbons (Fsp3) is 0.923. The quantitative estimate of drug-likeness (QED) is 0.463. The molecule has 1 fully saturated rings. The van der Waals surface area contributed by atoms with Gasteiger partial charge >= 0.3 is 0 Å². The molecule has 1 saturated carbocycles. The van der Waals surface area contributed by atoms with Crippen LogP contribution in [0.15, 0.2) is 4.99 Å². The van der Waals surface area contributed by atoms with Gasteiger partial charge in [0.25, 0.3) is 0 Å². The Morgan fingerprint density at radius 1 is 0.733 bits per heavy atom. The zero-order chi connectivity index (χ0) is 10.8. The summed E-state index contributed by atoms with van der Waals surface area (Å²) < 4.78 is 0. The van der Waals surface area contributed by atoms with Crippen molar-refractivity contribution in [2.75, 3.05) is 0 Å². The number of isothiocyanates is 1. The van der Waals surface area contributed by atoms with Crippen LogP contribution >= 0.6 is 12.2 Å². The molecule has 0 aromatic rings. The van der Waals surface area contributed by atoms with E-state index in [1.165, 1.54) is 70.6 Å². The first kappa shape index (κ1) is 12.9. The lowest BCUT2D eigenvalue weighted by molar-refractivity contribution is 0.468. The molecule has 1 aliphatic rings. The maximum Gasteiger partial charge on any atom is 0.0602 e. The lowest BCUT2D eigenvalue weighted by Crippen LogP contribution is -2.04. The van der Waals surface area contributed by atoms with E-state index >= 15 is 0 Å². The molecule has 0 radical (unpaired) electrons. The minimum Gasteiger partial charge on any atom is -0.229 e. The molecule has 1 aliphatic carbocycles. The smallest absolute Gasteiger partial charge is 0.0602 e. The van der Waals surface area contributed by atoms with Crippen molar-refractivity contribution in [3.05, 3.63) is 0 Å². The summed E-state index contributed by atoms with van der Waals surface area (Å²) in [5.74, 6) is 0. The van der Waals surface area contributed by atoms with Gasteiger partial charge in [0.2, 0.25) is 0 Å². The van der Waals surface area contributed by atoms with Crippen LogP contribution in [0.4, 0.5) is 0 Å². The average Bonchev–Trinajstić information content (AvgIpc) is 2.22. The third kappa shape index (κ3) is 6.81. The Balaban J connectivity index is 2.28. The van der Waals surface area contributed by atoms with Crippen molar-refractivity contribution in [2.45, 2.75) is 76.7 Å². The zero-order valence-electron chi connectivity index (χ0n) is 9.71. The Hall–Kier alpha value is -0.200. The van der Waals surface area contributed by atoms with Gasteiger partial charge in [0.15, 0.2) is 0 Å². The monoisotopic (exact) mass is 225 g/mol. The summed E-state index contributed by atoms with van der Waals surface area (Å²) in [6, 6.07) is 0.474. The molecule has 0 atom stereocenters. The molecule has 0 aromatic heterocycles. The van der Waals surface area contributed by atoms with Gasteiger partial charge in [0.05, 0.1) is 11.2 Å². The van der Waals surface area contributed by atoms with Crippen LogP contribution in [0.2, 0.25) is 0 Å². The van der Waals surface area contributed by atoms with Crippen molar-refractivity contribution in [1.82, 2.24) is 0 Å². The Morgan fingerprint density at radius 3 is 1.53 bits per heavy atom. The first-order chi connectivity index (χ1) is 7.43. The molecule has 0 heterocycles. The highest BCUT2D eigenvalue weighted by Gasteiger charge is 2.06. The molecule has 0 unspecified atom stereocenters. The summed E-state index contributed by atoms with van der Waals surface area (Å²) in [5, 5.41) is 2.56. The van der Waals surface area contributed by atoms with Crippen molar-refractivity contribution in [3.8, 4) is 0 Å². The second kappa shape index (κ2) is 9.06. The first-order valence-electron chi connectivity index (χ1n) is 6.50. The summed E-state index contributed by atoms with van der Waals surface area (Å²) in [6.07, 6.45) is 15.0. The Labute approximate surface area is 99.4 Å². The van der Waals surface area contributed by atoms with Crippen molar-refractivity contribution in [1.29, 1.82) is 0 Å². The molecule has 1 rings (SSSR count). The molecule has 15 heavy (non-hydrogen) atoms. The summed E-state index contributed by atoms with van der Waals surface area (Å²) in [5.41, 5.74) is 0. The number of hydrogen-bond donors (Lipinski definition) is 0. The standard InChI is InChI=1S/C13H23NS/c15-12-14-13-10-8-6-4-2-1-3-5-7-9-11-13/h13H,1-11H2. The molecule has 0 saturated heterocycles. The summed E-state index contributed by atoms with van der Waals surface area (Å²) >= 11 is 4.70. The summed E-state index contributed by atoms with van der Waals surface area (Å²) in [4.78, 5) is 4.28. The SMILES string of the molecule is S=C=NC1CCCCCCCCCCC1. The van der Waals surface area contributed by atoms with Gasteiger partial charge in [0.1, 0.15) is 0 Å². The van der Waals surface area contributed by atoms with Crippen LogP contribution in [0, 0.1) is 0 Å². The summed E-state index contributed by atoms with van der Waals surface area (Å²) in [6.45, 7) is 0. The van der Waals surface area contributed by atoms with Crippen LogP contribution in [-0.4, -0.2) is 11.2 Å². The highest BCUT2D eigenvalue weighted by molar-refractivity contribution is 7.78. The van der Waals surface area contributed by atoms with Gasteiger partial charge < -0.3 is 0 Å². The number of aliphatic imine (C=N–C) groups is 1. The molecule has 0 aromatic carbocycles. The maximum atomic E-state index is 4.70. The van der Waals surface area contributed by atoms with Crippen LogP contribution in [0.3, 0.4) is 0 Å². The van der Waals surface area contributed by atoms with Crippen molar-refractivity contribution < 1.29 is 0 Å². The van der Waals surface area contributed by atoms with Gasteiger partial charge in [-0.15, -0.1) is 0 Å². The minimum atomic E-state index is 0.474. The van der Waals surface area contributed by atoms with E-state index in [2.05, 4.69) is 10.2 Å². The van der Waals surface area contributed by atoms with E-state index in [1.807, 2.05) is 0 Å². The fourth-order valence-corrected chi connectivity index (χ4v) is 2.49. The van der Waals surface area contributed by atoms with Gasteiger partial charge in [-0.05, 0) is 25.1 Å². The average molecular weight is 225 g/mol. The van der Waals surface area contributed by atoms with Gasteiger partial charge in [-0.3, -0.25) is 0 Å². The lowest BCUT2D eigenvalue weighted by Gasteiger charge is -2.12. The first-order valence-corrected chi connectivity index (χ1v) is 6.91. The number of hydrogen-bond acceptors (Lipinski definition) is 2. The van der Waals surface area contributed by atoms with Crippen LogP contribution in [0.1, 0.15) is 70.6 Å². The molecule has 0 bridgehead atoms. The molecule has 86 valence electrons. The van der Waals surface area contributed by atoms with E-state index in [-0.39, 0.29) is 0 Å². The van der Waals surface area contributed by atoms with E-state index in [0.29, 0.717) is 6.04 Å². The Morgan fingerprint density at radius 2 is 1.13 bits per heavy atom. The predicted octanol–water partition coefficient (Wildman–Crippen LogP) is 4.76. The van der Waals surface area contributed by atoms with Crippen LogP contribution in [0.25, 0.3) is 0 Å². The minimum absolute atomic E-state index is 0.474. The van der Waals surface area contributed by atoms with E-state index < -0.39 is 0 Å². The molecule has 0 spiro atoms. The second-order valence-corrected chi connectivity index (χ2v) is 4.82. The Bertz CT molecular complexity index is 185.